The first-order valence-corrected chi connectivity index (χ1v) is 5.27. The molecule has 1 aliphatic rings. The molecule has 0 saturated carbocycles. The lowest BCUT2D eigenvalue weighted by atomic mass is 10.1. The van der Waals surface area contributed by atoms with Crippen LogP contribution in [-0.2, 0) is 14.3 Å². The van der Waals surface area contributed by atoms with Crippen LogP contribution < -0.4 is 0 Å². The Balaban J connectivity index is 2.31. The number of piperidine rings is 1. The number of aliphatic hydroxyl groups is 1. The summed E-state index contributed by atoms with van der Waals surface area (Å²) < 4.78 is 10.2. The largest absolute Gasteiger partial charge is 0.396 e. The van der Waals surface area contributed by atoms with Gasteiger partial charge in [0.25, 0.3) is 0 Å². The fourth-order valence-corrected chi connectivity index (χ4v) is 1.66. The second kappa shape index (κ2) is 6.76. The number of ether oxygens (including phenoxy) is 2. The van der Waals surface area contributed by atoms with E-state index in [2.05, 4.69) is 0 Å². The molecule has 0 aromatic rings. The molecule has 1 heterocycles. The standard InChI is InChI=1S/C10H19NO4/c1-14-8-15-9-3-4-10(13)11(7-9)5-2-6-12/h9,12H,2-8H2,1H3. The lowest BCUT2D eigenvalue weighted by molar-refractivity contribution is -0.144. The average Bonchev–Trinajstić information content (AvgIpc) is 2.26. The summed E-state index contributed by atoms with van der Waals surface area (Å²) in [4.78, 5) is 13.2. The van der Waals surface area contributed by atoms with Gasteiger partial charge in [-0.15, -0.1) is 0 Å². The van der Waals surface area contributed by atoms with Gasteiger partial charge in [-0.3, -0.25) is 4.79 Å². The molecule has 0 spiro atoms. The van der Waals surface area contributed by atoms with Crippen LogP contribution in [0.1, 0.15) is 19.3 Å². The molecular formula is C10H19NO4. The second-order valence-electron chi connectivity index (χ2n) is 3.65. The Bertz CT molecular complexity index is 198. The summed E-state index contributed by atoms with van der Waals surface area (Å²) in [6.07, 6.45) is 1.99. The highest BCUT2D eigenvalue weighted by molar-refractivity contribution is 5.77. The molecule has 1 saturated heterocycles. The number of carbonyl (C=O) groups excluding carboxylic acids is 1. The minimum atomic E-state index is 0.0707. The van der Waals surface area contributed by atoms with Crippen LogP contribution in [0.5, 0.6) is 0 Å². The monoisotopic (exact) mass is 217 g/mol. The van der Waals surface area contributed by atoms with E-state index in [1.54, 1.807) is 12.0 Å². The number of aliphatic hydroxyl groups excluding tert-OH is 1. The topological polar surface area (TPSA) is 59.0 Å². The van der Waals surface area contributed by atoms with E-state index in [1.807, 2.05) is 0 Å². The van der Waals surface area contributed by atoms with Crippen molar-refractivity contribution in [1.82, 2.24) is 4.90 Å². The van der Waals surface area contributed by atoms with Crippen molar-refractivity contribution in [2.45, 2.75) is 25.4 Å². The van der Waals surface area contributed by atoms with Crippen molar-refractivity contribution in [2.75, 3.05) is 33.6 Å². The summed E-state index contributed by atoms with van der Waals surface area (Å²) in [5.74, 6) is 0.153. The normalized spacial score (nSPS) is 22.1. The van der Waals surface area contributed by atoms with Crippen molar-refractivity contribution in [3.8, 4) is 0 Å². The van der Waals surface area contributed by atoms with Gasteiger partial charge in [0.1, 0.15) is 6.79 Å². The van der Waals surface area contributed by atoms with Crippen LogP contribution in [0, 0.1) is 0 Å². The predicted octanol–water partition coefficient (Wildman–Crippen LogP) is -0.0197. The smallest absolute Gasteiger partial charge is 0.222 e. The van der Waals surface area contributed by atoms with E-state index in [1.165, 1.54) is 0 Å². The SMILES string of the molecule is COCOC1CCC(=O)N(CCCO)C1. The molecule has 1 atom stereocenters. The third kappa shape index (κ3) is 4.15. The first-order chi connectivity index (χ1) is 7.27. The van der Waals surface area contributed by atoms with E-state index in [-0.39, 0.29) is 25.4 Å². The zero-order chi connectivity index (χ0) is 11.1. The van der Waals surface area contributed by atoms with Crippen molar-refractivity contribution in [1.29, 1.82) is 0 Å². The van der Waals surface area contributed by atoms with Crippen molar-refractivity contribution in [3.05, 3.63) is 0 Å². The molecule has 1 aliphatic heterocycles. The van der Waals surface area contributed by atoms with Crippen LogP contribution in [0.2, 0.25) is 0 Å². The lowest BCUT2D eigenvalue weighted by Crippen LogP contribution is -2.44. The van der Waals surface area contributed by atoms with Gasteiger partial charge in [-0.25, -0.2) is 0 Å². The average molecular weight is 217 g/mol. The fraction of sp³-hybridized carbons (Fsp3) is 0.900. The van der Waals surface area contributed by atoms with E-state index < -0.39 is 0 Å². The minimum absolute atomic E-state index is 0.0707. The molecule has 88 valence electrons. The van der Waals surface area contributed by atoms with Crippen LogP contribution >= 0.6 is 0 Å². The molecule has 0 aliphatic carbocycles. The van der Waals surface area contributed by atoms with Gasteiger partial charge in [-0.1, -0.05) is 0 Å². The maximum absolute atomic E-state index is 11.5. The Hall–Kier alpha value is -0.650. The molecular weight excluding hydrogens is 198 g/mol. The number of likely N-dealkylation sites (tertiary alicyclic amines) is 1. The molecule has 0 aromatic heterocycles. The number of nitrogens with zero attached hydrogens (tertiary/aromatic N) is 1. The zero-order valence-corrected chi connectivity index (χ0v) is 9.15. The van der Waals surface area contributed by atoms with Gasteiger partial charge in [0, 0.05) is 33.2 Å². The van der Waals surface area contributed by atoms with Gasteiger partial charge in [0.05, 0.1) is 6.10 Å². The van der Waals surface area contributed by atoms with Gasteiger partial charge in [0.15, 0.2) is 0 Å². The van der Waals surface area contributed by atoms with Crippen LogP contribution in [-0.4, -0.2) is 55.6 Å². The van der Waals surface area contributed by atoms with Gasteiger partial charge < -0.3 is 19.5 Å². The molecule has 15 heavy (non-hydrogen) atoms. The first-order valence-electron chi connectivity index (χ1n) is 5.27. The quantitative estimate of drug-likeness (QED) is 0.635. The highest BCUT2D eigenvalue weighted by Gasteiger charge is 2.25. The summed E-state index contributed by atoms with van der Waals surface area (Å²) in [6, 6.07) is 0. The fourth-order valence-electron chi connectivity index (χ4n) is 1.66. The summed E-state index contributed by atoms with van der Waals surface area (Å²) in [6.45, 7) is 1.62. The Morgan fingerprint density at radius 1 is 1.60 bits per heavy atom. The molecule has 0 aromatic carbocycles. The summed E-state index contributed by atoms with van der Waals surface area (Å²) >= 11 is 0. The molecule has 0 bridgehead atoms. The van der Waals surface area contributed by atoms with Crippen molar-refractivity contribution >= 4 is 5.91 Å². The molecule has 1 unspecified atom stereocenters. The van der Waals surface area contributed by atoms with Gasteiger partial charge in [-0.05, 0) is 12.8 Å². The number of hydrogen-bond donors (Lipinski definition) is 1. The summed E-state index contributed by atoms with van der Waals surface area (Å²) in [7, 11) is 1.58. The van der Waals surface area contributed by atoms with Crippen LogP contribution in [0.4, 0.5) is 0 Å². The van der Waals surface area contributed by atoms with Gasteiger partial charge in [-0.2, -0.15) is 0 Å². The van der Waals surface area contributed by atoms with Crippen molar-refractivity contribution in [2.24, 2.45) is 0 Å². The number of methoxy groups -OCH3 is 1. The molecule has 1 rings (SSSR count). The van der Waals surface area contributed by atoms with Crippen molar-refractivity contribution in [3.63, 3.8) is 0 Å². The Morgan fingerprint density at radius 3 is 3.07 bits per heavy atom. The summed E-state index contributed by atoms with van der Waals surface area (Å²) in [5, 5.41) is 8.70. The predicted molar refractivity (Wildman–Crippen MR) is 54.3 cm³/mol. The number of rotatable bonds is 6. The van der Waals surface area contributed by atoms with E-state index >= 15 is 0 Å². The number of amides is 1. The third-order valence-electron chi connectivity index (χ3n) is 2.46. The van der Waals surface area contributed by atoms with E-state index in [0.29, 0.717) is 25.9 Å². The molecule has 0 radical (unpaired) electrons. The molecule has 5 nitrogen and oxygen atoms in total. The Kier molecular flexibility index (Phi) is 5.60. The minimum Gasteiger partial charge on any atom is -0.396 e. The zero-order valence-electron chi connectivity index (χ0n) is 9.15. The summed E-state index contributed by atoms with van der Waals surface area (Å²) in [5.41, 5.74) is 0. The molecule has 1 amide bonds. The maximum Gasteiger partial charge on any atom is 0.222 e. The van der Waals surface area contributed by atoms with E-state index in [4.69, 9.17) is 14.6 Å². The van der Waals surface area contributed by atoms with Gasteiger partial charge >= 0.3 is 0 Å². The van der Waals surface area contributed by atoms with Gasteiger partial charge in [0.2, 0.25) is 5.91 Å². The second-order valence-corrected chi connectivity index (χ2v) is 3.65. The Labute approximate surface area is 90.0 Å². The number of hydrogen-bond acceptors (Lipinski definition) is 4. The number of carbonyl (C=O) groups is 1. The molecule has 1 N–H and O–H groups in total. The first kappa shape index (κ1) is 12.4. The maximum atomic E-state index is 11.5. The van der Waals surface area contributed by atoms with Crippen LogP contribution in [0.3, 0.4) is 0 Å². The van der Waals surface area contributed by atoms with Crippen LogP contribution in [0.15, 0.2) is 0 Å². The van der Waals surface area contributed by atoms with Crippen LogP contribution in [0.25, 0.3) is 0 Å². The molecule has 1 fully saturated rings. The van der Waals surface area contributed by atoms with E-state index in [9.17, 15) is 4.79 Å². The lowest BCUT2D eigenvalue weighted by Gasteiger charge is -2.32. The van der Waals surface area contributed by atoms with Crippen molar-refractivity contribution < 1.29 is 19.4 Å². The van der Waals surface area contributed by atoms with E-state index in [0.717, 1.165) is 6.42 Å². The highest BCUT2D eigenvalue weighted by Crippen LogP contribution is 2.14. The third-order valence-corrected chi connectivity index (χ3v) is 2.46. The molecule has 5 heteroatoms. The highest BCUT2D eigenvalue weighted by atomic mass is 16.7. The Morgan fingerprint density at radius 2 is 2.40 bits per heavy atom.